The standard InChI is InChI=1S/C10H9F2N3OS/c1-2-13-9(16)15-10-14-8-6(12)3-5(11)4-7(8)17-10/h3-4H,2H2,1H3,(H2,13,14,15,16). The number of halogens is 2. The maximum atomic E-state index is 13.3. The fraction of sp³-hybridized carbons (Fsp3) is 0.200. The van der Waals surface area contributed by atoms with Gasteiger partial charge >= 0.3 is 6.03 Å². The van der Waals surface area contributed by atoms with Crippen LogP contribution in [0.2, 0.25) is 0 Å². The van der Waals surface area contributed by atoms with Crippen LogP contribution in [-0.4, -0.2) is 17.6 Å². The molecular formula is C10H9F2N3OS. The monoisotopic (exact) mass is 257 g/mol. The number of benzene rings is 1. The number of amides is 2. The molecule has 0 fully saturated rings. The van der Waals surface area contributed by atoms with Gasteiger partial charge in [-0.1, -0.05) is 11.3 Å². The lowest BCUT2D eigenvalue weighted by atomic mass is 10.3. The van der Waals surface area contributed by atoms with Crippen molar-refractivity contribution in [3.05, 3.63) is 23.8 Å². The lowest BCUT2D eigenvalue weighted by molar-refractivity contribution is 0.252. The highest BCUT2D eigenvalue weighted by atomic mass is 32.1. The van der Waals surface area contributed by atoms with E-state index in [9.17, 15) is 13.6 Å². The summed E-state index contributed by atoms with van der Waals surface area (Å²) in [6.45, 7) is 2.24. The second kappa shape index (κ2) is 4.62. The minimum Gasteiger partial charge on any atom is -0.338 e. The Morgan fingerprint density at radius 1 is 1.47 bits per heavy atom. The molecule has 0 saturated carbocycles. The SMILES string of the molecule is CCNC(=O)Nc1nc2c(F)cc(F)cc2s1. The Balaban J connectivity index is 2.32. The molecule has 1 aromatic carbocycles. The summed E-state index contributed by atoms with van der Waals surface area (Å²) in [6.07, 6.45) is 0. The lowest BCUT2D eigenvalue weighted by Gasteiger charge is -2.00. The first-order valence-corrected chi connectivity index (χ1v) is 5.72. The van der Waals surface area contributed by atoms with Crippen molar-refractivity contribution in [1.29, 1.82) is 0 Å². The minimum absolute atomic E-state index is 0.0585. The quantitative estimate of drug-likeness (QED) is 0.869. The van der Waals surface area contributed by atoms with E-state index in [1.54, 1.807) is 6.92 Å². The van der Waals surface area contributed by atoms with Gasteiger partial charge in [0.05, 0.1) is 4.70 Å². The average Bonchev–Trinajstić information content (AvgIpc) is 2.60. The maximum Gasteiger partial charge on any atom is 0.321 e. The molecule has 2 rings (SSSR count). The van der Waals surface area contributed by atoms with Gasteiger partial charge in [-0.3, -0.25) is 5.32 Å². The molecule has 7 heteroatoms. The van der Waals surface area contributed by atoms with Gasteiger partial charge in [-0.15, -0.1) is 0 Å². The lowest BCUT2D eigenvalue weighted by Crippen LogP contribution is -2.28. The number of fused-ring (bicyclic) bond motifs is 1. The van der Waals surface area contributed by atoms with Crippen LogP contribution in [0.4, 0.5) is 18.7 Å². The molecule has 0 aliphatic heterocycles. The summed E-state index contributed by atoms with van der Waals surface area (Å²) < 4.78 is 26.6. The van der Waals surface area contributed by atoms with E-state index in [0.29, 0.717) is 11.2 Å². The van der Waals surface area contributed by atoms with Crippen LogP contribution >= 0.6 is 11.3 Å². The van der Waals surface area contributed by atoms with Gasteiger partial charge in [0.25, 0.3) is 0 Å². The van der Waals surface area contributed by atoms with Crippen molar-refractivity contribution in [3.8, 4) is 0 Å². The van der Waals surface area contributed by atoms with Crippen molar-refractivity contribution in [2.24, 2.45) is 0 Å². The maximum absolute atomic E-state index is 13.3. The molecule has 0 aliphatic rings. The van der Waals surface area contributed by atoms with Crippen LogP contribution in [0.25, 0.3) is 10.2 Å². The second-order valence-electron chi connectivity index (χ2n) is 3.24. The molecule has 0 atom stereocenters. The smallest absolute Gasteiger partial charge is 0.321 e. The Hall–Kier alpha value is -1.76. The Labute approximate surface area is 99.7 Å². The summed E-state index contributed by atoms with van der Waals surface area (Å²) in [5.74, 6) is -1.40. The third kappa shape index (κ3) is 2.50. The molecule has 2 amide bonds. The highest BCUT2D eigenvalue weighted by Gasteiger charge is 2.11. The van der Waals surface area contributed by atoms with Crippen LogP contribution in [0, 0.1) is 11.6 Å². The Bertz CT molecular complexity index is 570. The molecule has 2 aromatic rings. The predicted octanol–water partition coefficient (Wildman–Crippen LogP) is 2.72. The molecule has 17 heavy (non-hydrogen) atoms. The molecule has 0 radical (unpaired) electrons. The zero-order valence-corrected chi connectivity index (χ0v) is 9.70. The number of hydrogen-bond acceptors (Lipinski definition) is 3. The van der Waals surface area contributed by atoms with Crippen molar-refractivity contribution in [3.63, 3.8) is 0 Å². The molecule has 0 unspecified atom stereocenters. The number of carbonyl (C=O) groups is 1. The van der Waals surface area contributed by atoms with E-state index in [-0.39, 0.29) is 10.6 Å². The number of thiazole rings is 1. The van der Waals surface area contributed by atoms with Crippen LogP contribution < -0.4 is 10.6 Å². The van der Waals surface area contributed by atoms with Crippen molar-refractivity contribution < 1.29 is 13.6 Å². The molecule has 0 spiro atoms. The van der Waals surface area contributed by atoms with Crippen LogP contribution in [-0.2, 0) is 0 Å². The Kier molecular flexibility index (Phi) is 3.19. The molecule has 0 saturated heterocycles. The molecule has 1 aromatic heterocycles. The number of carbonyl (C=O) groups excluding carboxylic acids is 1. The fourth-order valence-electron chi connectivity index (χ4n) is 1.31. The van der Waals surface area contributed by atoms with Gasteiger partial charge in [-0.05, 0) is 13.0 Å². The molecule has 90 valence electrons. The normalized spacial score (nSPS) is 10.5. The highest BCUT2D eigenvalue weighted by Crippen LogP contribution is 2.28. The third-order valence-electron chi connectivity index (χ3n) is 1.97. The molecular weight excluding hydrogens is 248 g/mol. The first-order chi connectivity index (χ1) is 8.10. The van der Waals surface area contributed by atoms with Gasteiger partial charge in [-0.25, -0.2) is 18.6 Å². The molecule has 2 N–H and O–H groups in total. The fourth-order valence-corrected chi connectivity index (χ4v) is 2.21. The minimum atomic E-state index is -0.736. The summed E-state index contributed by atoms with van der Waals surface area (Å²) in [4.78, 5) is 15.1. The van der Waals surface area contributed by atoms with Crippen molar-refractivity contribution in [2.45, 2.75) is 6.92 Å². The predicted molar refractivity (Wildman–Crippen MR) is 62.2 cm³/mol. The van der Waals surface area contributed by atoms with Gasteiger partial charge in [0, 0.05) is 12.6 Å². The third-order valence-corrected chi connectivity index (χ3v) is 2.89. The van der Waals surface area contributed by atoms with Crippen LogP contribution in [0.3, 0.4) is 0 Å². The zero-order valence-electron chi connectivity index (χ0n) is 8.88. The summed E-state index contributed by atoms with van der Waals surface area (Å²) in [5.41, 5.74) is 0.0585. The topological polar surface area (TPSA) is 54.0 Å². The van der Waals surface area contributed by atoms with E-state index in [1.807, 2.05) is 0 Å². The molecule has 1 heterocycles. The van der Waals surface area contributed by atoms with Gasteiger partial charge in [0.2, 0.25) is 0 Å². The number of hydrogen-bond donors (Lipinski definition) is 2. The van der Waals surface area contributed by atoms with Crippen molar-refractivity contribution >= 4 is 32.7 Å². The van der Waals surface area contributed by atoms with Crippen molar-refractivity contribution in [2.75, 3.05) is 11.9 Å². The summed E-state index contributed by atoms with van der Waals surface area (Å²) in [6, 6.07) is 1.52. The number of urea groups is 1. The molecule has 0 aliphatic carbocycles. The number of rotatable bonds is 2. The van der Waals surface area contributed by atoms with Crippen LogP contribution in [0.15, 0.2) is 12.1 Å². The zero-order chi connectivity index (χ0) is 12.4. The highest BCUT2D eigenvalue weighted by molar-refractivity contribution is 7.22. The van der Waals surface area contributed by atoms with E-state index in [2.05, 4.69) is 15.6 Å². The van der Waals surface area contributed by atoms with Gasteiger partial charge in [0.1, 0.15) is 11.3 Å². The van der Waals surface area contributed by atoms with Crippen LogP contribution in [0.5, 0.6) is 0 Å². The molecule has 4 nitrogen and oxygen atoms in total. The summed E-state index contributed by atoms with van der Waals surface area (Å²) in [5, 5.41) is 5.19. The van der Waals surface area contributed by atoms with Crippen LogP contribution in [0.1, 0.15) is 6.92 Å². The van der Waals surface area contributed by atoms with Crippen molar-refractivity contribution in [1.82, 2.24) is 10.3 Å². The molecule has 0 bridgehead atoms. The van der Waals surface area contributed by atoms with E-state index in [1.165, 1.54) is 6.07 Å². The van der Waals surface area contributed by atoms with E-state index >= 15 is 0 Å². The number of aromatic nitrogens is 1. The van der Waals surface area contributed by atoms with Gasteiger partial charge in [0.15, 0.2) is 10.9 Å². The van der Waals surface area contributed by atoms with E-state index < -0.39 is 17.7 Å². The Morgan fingerprint density at radius 3 is 2.94 bits per heavy atom. The first-order valence-electron chi connectivity index (χ1n) is 4.90. The number of nitrogens with zero attached hydrogens (tertiary/aromatic N) is 1. The Morgan fingerprint density at radius 2 is 2.24 bits per heavy atom. The number of nitrogens with one attached hydrogen (secondary N) is 2. The summed E-state index contributed by atoms with van der Waals surface area (Å²) >= 11 is 1.02. The van der Waals surface area contributed by atoms with Gasteiger partial charge in [-0.2, -0.15) is 0 Å². The second-order valence-corrected chi connectivity index (χ2v) is 4.27. The number of anilines is 1. The average molecular weight is 257 g/mol. The summed E-state index contributed by atoms with van der Waals surface area (Å²) in [7, 11) is 0. The largest absolute Gasteiger partial charge is 0.338 e. The van der Waals surface area contributed by atoms with Gasteiger partial charge < -0.3 is 5.32 Å². The van der Waals surface area contributed by atoms with E-state index in [4.69, 9.17) is 0 Å². The first kappa shape index (κ1) is 11.7. The van der Waals surface area contributed by atoms with E-state index in [0.717, 1.165) is 17.4 Å².